The van der Waals surface area contributed by atoms with E-state index in [-0.39, 0.29) is 11.7 Å². The van der Waals surface area contributed by atoms with Crippen LogP contribution in [0.4, 0.5) is 0 Å². The average Bonchev–Trinajstić information content (AvgIpc) is 2.75. The second-order valence-electron chi connectivity index (χ2n) is 8.52. The maximum absolute atomic E-state index is 12.5. The molecule has 4 heteroatoms. The number of unbranched alkanes of at least 4 members (excludes halogenated alkanes) is 12. The van der Waals surface area contributed by atoms with E-state index < -0.39 is 12.1 Å². The van der Waals surface area contributed by atoms with Crippen molar-refractivity contribution in [3.05, 3.63) is 35.9 Å². The standard InChI is InChI=1S/C26H43NO3/c1-3-4-5-6-7-8-9-10-11-12-13-14-18-21-24(29)25(22(2)28)27-26(30)23-19-16-15-17-20-23/h15-17,19-20,22,25,28H,3-14,18,21H2,1-2H3,(H,27,30)/t22-,25+/m1/s1. The fraction of sp³-hybridized carbons (Fsp3) is 0.692. The van der Waals surface area contributed by atoms with Crippen molar-refractivity contribution in [2.75, 3.05) is 0 Å². The lowest BCUT2D eigenvalue weighted by Gasteiger charge is -2.20. The Hall–Kier alpha value is -1.68. The van der Waals surface area contributed by atoms with Crippen molar-refractivity contribution >= 4 is 11.7 Å². The van der Waals surface area contributed by atoms with E-state index in [1.54, 1.807) is 31.2 Å². The van der Waals surface area contributed by atoms with Gasteiger partial charge in [-0.05, 0) is 25.5 Å². The Morgan fingerprint density at radius 2 is 1.27 bits per heavy atom. The zero-order valence-corrected chi connectivity index (χ0v) is 19.2. The molecule has 4 nitrogen and oxygen atoms in total. The normalized spacial score (nSPS) is 13.0. The summed E-state index contributed by atoms with van der Waals surface area (Å²) in [6, 6.07) is 7.96. The highest BCUT2D eigenvalue weighted by atomic mass is 16.3. The highest BCUT2D eigenvalue weighted by molar-refractivity contribution is 5.98. The Kier molecular flexibility index (Phi) is 15.0. The smallest absolute Gasteiger partial charge is 0.251 e. The number of Topliss-reactive ketones (excluding diaryl/α,β-unsaturated/α-hetero) is 1. The van der Waals surface area contributed by atoms with Crippen LogP contribution in [0.25, 0.3) is 0 Å². The van der Waals surface area contributed by atoms with Gasteiger partial charge in [0.25, 0.3) is 5.91 Å². The minimum atomic E-state index is -0.896. The van der Waals surface area contributed by atoms with E-state index in [9.17, 15) is 14.7 Å². The molecule has 1 rings (SSSR count). The minimum absolute atomic E-state index is 0.0858. The first-order chi connectivity index (χ1) is 14.6. The summed E-state index contributed by atoms with van der Waals surface area (Å²) >= 11 is 0. The number of hydrogen-bond acceptors (Lipinski definition) is 3. The molecular weight excluding hydrogens is 374 g/mol. The van der Waals surface area contributed by atoms with Crippen LogP contribution in [0.5, 0.6) is 0 Å². The molecule has 2 atom stereocenters. The van der Waals surface area contributed by atoms with Crippen LogP contribution in [-0.2, 0) is 4.79 Å². The van der Waals surface area contributed by atoms with Gasteiger partial charge in [-0.15, -0.1) is 0 Å². The van der Waals surface area contributed by atoms with Gasteiger partial charge >= 0.3 is 0 Å². The summed E-state index contributed by atoms with van der Waals surface area (Å²) in [6.07, 6.45) is 15.9. The van der Waals surface area contributed by atoms with Crippen LogP contribution in [0, 0.1) is 0 Å². The van der Waals surface area contributed by atoms with E-state index in [0.717, 1.165) is 19.3 Å². The van der Waals surface area contributed by atoms with Gasteiger partial charge in [-0.3, -0.25) is 9.59 Å². The van der Waals surface area contributed by atoms with Crippen molar-refractivity contribution in [2.24, 2.45) is 0 Å². The van der Waals surface area contributed by atoms with Crippen LogP contribution in [0.2, 0.25) is 0 Å². The monoisotopic (exact) mass is 417 g/mol. The fourth-order valence-electron chi connectivity index (χ4n) is 3.76. The molecule has 2 N–H and O–H groups in total. The molecule has 1 aromatic carbocycles. The maximum atomic E-state index is 12.5. The van der Waals surface area contributed by atoms with Crippen molar-refractivity contribution in [2.45, 2.75) is 116 Å². The van der Waals surface area contributed by atoms with Crippen molar-refractivity contribution < 1.29 is 14.7 Å². The summed E-state index contributed by atoms with van der Waals surface area (Å²) < 4.78 is 0. The first kappa shape index (κ1) is 26.4. The second kappa shape index (κ2) is 17.0. The summed E-state index contributed by atoms with van der Waals surface area (Å²) in [4.78, 5) is 24.8. The molecule has 1 amide bonds. The summed E-state index contributed by atoms with van der Waals surface area (Å²) in [5.74, 6) is -0.405. The predicted molar refractivity (Wildman–Crippen MR) is 125 cm³/mol. The van der Waals surface area contributed by atoms with Crippen LogP contribution in [0.1, 0.15) is 114 Å². The Morgan fingerprint density at radius 1 is 0.800 bits per heavy atom. The average molecular weight is 418 g/mol. The molecule has 0 saturated heterocycles. The molecule has 0 fully saturated rings. The molecular formula is C26H43NO3. The quantitative estimate of drug-likeness (QED) is 0.279. The summed E-state index contributed by atoms with van der Waals surface area (Å²) in [5.41, 5.74) is 0.497. The van der Waals surface area contributed by atoms with Crippen LogP contribution >= 0.6 is 0 Å². The third-order valence-corrected chi connectivity index (χ3v) is 5.68. The Labute approximate surface area is 183 Å². The largest absolute Gasteiger partial charge is 0.391 e. The molecule has 0 bridgehead atoms. The highest BCUT2D eigenvalue weighted by Crippen LogP contribution is 2.13. The third kappa shape index (κ3) is 12.1. The van der Waals surface area contributed by atoms with Crippen LogP contribution in [-0.4, -0.2) is 28.9 Å². The van der Waals surface area contributed by atoms with E-state index in [4.69, 9.17) is 0 Å². The Bertz CT molecular complexity index is 571. The Balaban J connectivity index is 2.10. The number of amides is 1. The summed E-state index contributed by atoms with van der Waals surface area (Å²) in [5, 5.41) is 12.6. The fourth-order valence-corrected chi connectivity index (χ4v) is 3.76. The summed E-state index contributed by atoms with van der Waals surface area (Å²) in [6.45, 7) is 3.81. The van der Waals surface area contributed by atoms with E-state index in [2.05, 4.69) is 12.2 Å². The molecule has 0 aliphatic heterocycles. The molecule has 0 spiro atoms. The molecule has 0 heterocycles. The van der Waals surface area contributed by atoms with Crippen LogP contribution in [0.15, 0.2) is 30.3 Å². The number of rotatable bonds is 18. The van der Waals surface area contributed by atoms with Crippen LogP contribution in [0.3, 0.4) is 0 Å². The van der Waals surface area contributed by atoms with E-state index in [0.29, 0.717) is 12.0 Å². The number of aliphatic hydroxyl groups excluding tert-OH is 1. The molecule has 0 aliphatic carbocycles. The van der Waals surface area contributed by atoms with E-state index in [1.807, 2.05) is 6.07 Å². The lowest BCUT2D eigenvalue weighted by molar-refractivity contribution is -0.123. The van der Waals surface area contributed by atoms with Crippen molar-refractivity contribution in [3.63, 3.8) is 0 Å². The molecule has 30 heavy (non-hydrogen) atoms. The third-order valence-electron chi connectivity index (χ3n) is 5.68. The van der Waals surface area contributed by atoms with Gasteiger partial charge in [-0.1, -0.05) is 102 Å². The summed E-state index contributed by atoms with van der Waals surface area (Å²) in [7, 11) is 0. The predicted octanol–water partition coefficient (Wildman–Crippen LogP) is 6.22. The molecule has 0 saturated carbocycles. The number of carbonyl (C=O) groups excluding carboxylic acids is 2. The van der Waals surface area contributed by atoms with Gasteiger partial charge in [0.2, 0.25) is 0 Å². The lowest BCUT2D eigenvalue weighted by Crippen LogP contribution is -2.47. The van der Waals surface area contributed by atoms with Gasteiger partial charge < -0.3 is 10.4 Å². The second-order valence-corrected chi connectivity index (χ2v) is 8.52. The topological polar surface area (TPSA) is 66.4 Å². The Morgan fingerprint density at radius 3 is 1.73 bits per heavy atom. The molecule has 0 aromatic heterocycles. The lowest BCUT2D eigenvalue weighted by atomic mass is 10.00. The molecule has 0 radical (unpaired) electrons. The van der Waals surface area contributed by atoms with Gasteiger partial charge in [-0.2, -0.15) is 0 Å². The SMILES string of the molecule is CCCCCCCCCCCCCCCC(=O)[C@@H](NC(=O)c1ccccc1)[C@@H](C)O. The molecule has 0 aliphatic rings. The first-order valence-electron chi connectivity index (χ1n) is 12.1. The van der Waals surface area contributed by atoms with Crippen molar-refractivity contribution in [1.82, 2.24) is 5.32 Å². The molecule has 1 aromatic rings. The van der Waals surface area contributed by atoms with Crippen molar-refractivity contribution in [1.29, 1.82) is 0 Å². The first-order valence-corrected chi connectivity index (χ1v) is 12.1. The van der Waals surface area contributed by atoms with Crippen LogP contribution < -0.4 is 5.32 Å². The molecule has 170 valence electrons. The zero-order valence-electron chi connectivity index (χ0n) is 19.2. The number of ketones is 1. The zero-order chi connectivity index (χ0) is 22.0. The highest BCUT2D eigenvalue weighted by Gasteiger charge is 2.25. The number of nitrogens with one attached hydrogen (secondary N) is 1. The van der Waals surface area contributed by atoms with Gasteiger partial charge in [-0.25, -0.2) is 0 Å². The van der Waals surface area contributed by atoms with Gasteiger partial charge in [0, 0.05) is 12.0 Å². The number of aliphatic hydroxyl groups is 1. The maximum Gasteiger partial charge on any atom is 0.251 e. The van der Waals surface area contributed by atoms with Gasteiger partial charge in [0.05, 0.1) is 6.10 Å². The number of hydrogen-bond donors (Lipinski definition) is 2. The molecule has 0 unspecified atom stereocenters. The van der Waals surface area contributed by atoms with Gasteiger partial charge in [0.15, 0.2) is 5.78 Å². The van der Waals surface area contributed by atoms with E-state index in [1.165, 1.54) is 64.2 Å². The minimum Gasteiger partial charge on any atom is -0.391 e. The number of carbonyl (C=O) groups is 2. The number of benzene rings is 1. The van der Waals surface area contributed by atoms with Crippen molar-refractivity contribution in [3.8, 4) is 0 Å². The van der Waals surface area contributed by atoms with Gasteiger partial charge in [0.1, 0.15) is 6.04 Å². The van der Waals surface area contributed by atoms with E-state index >= 15 is 0 Å².